The van der Waals surface area contributed by atoms with Crippen LogP contribution < -0.4 is 5.32 Å². The highest BCUT2D eigenvalue weighted by atomic mass is 32.2. The number of para-hydroxylation sites is 2. The van der Waals surface area contributed by atoms with Crippen molar-refractivity contribution in [3.05, 3.63) is 58.6 Å². The Morgan fingerprint density at radius 3 is 2.62 bits per heavy atom. The van der Waals surface area contributed by atoms with Crippen LogP contribution in [0.25, 0.3) is 11.0 Å². The molecule has 24 heavy (non-hydrogen) atoms. The Hall–Kier alpha value is -2.87. The van der Waals surface area contributed by atoms with Crippen LogP contribution in [0.1, 0.15) is 0 Å². The van der Waals surface area contributed by atoms with Crippen molar-refractivity contribution in [2.24, 2.45) is 0 Å². The van der Waals surface area contributed by atoms with Crippen LogP contribution in [0.15, 0.2) is 53.7 Å². The number of nitro benzene ring substituents is 1. The summed E-state index contributed by atoms with van der Waals surface area (Å²) in [5.74, 6) is -0.220. The maximum absolute atomic E-state index is 12.3. The van der Waals surface area contributed by atoms with Crippen LogP contribution in [0.4, 0.5) is 11.4 Å². The zero-order chi connectivity index (χ0) is 17.1. The molecule has 0 aliphatic heterocycles. The Kier molecular flexibility index (Phi) is 4.48. The molecule has 1 heterocycles. The standard InChI is InChI=1S/C16H14N4O3S/c1-24-16-18-13-4-2-3-5-14(13)19(16)10-15(21)17-11-6-8-12(9-7-11)20(22)23/h2-9H,10H2,1H3,(H,17,21). The molecule has 0 unspecified atom stereocenters. The van der Waals surface area contributed by atoms with Gasteiger partial charge in [0, 0.05) is 17.8 Å². The lowest BCUT2D eigenvalue weighted by atomic mass is 10.3. The Balaban J connectivity index is 1.78. The molecular formula is C16H14N4O3S. The third kappa shape index (κ3) is 3.23. The number of nitrogens with one attached hydrogen (secondary N) is 1. The summed E-state index contributed by atoms with van der Waals surface area (Å²) < 4.78 is 1.85. The maximum Gasteiger partial charge on any atom is 0.269 e. The number of nitrogens with zero attached hydrogens (tertiary/aromatic N) is 3. The number of non-ortho nitro benzene ring substituents is 1. The van der Waals surface area contributed by atoms with Gasteiger partial charge in [-0.25, -0.2) is 4.98 Å². The number of carbonyl (C=O) groups excluding carboxylic acids is 1. The largest absolute Gasteiger partial charge is 0.325 e. The predicted molar refractivity (Wildman–Crippen MR) is 93.2 cm³/mol. The number of nitro groups is 1. The fraction of sp³-hybridized carbons (Fsp3) is 0.125. The van der Waals surface area contributed by atoms with Crippen LogP contribution in [0, 0.1) is 10.1 Å². The van der Waals surface area contributed by atoms with E-state index in [9.17, 15) is 14.9 Å². The van der Waals surface area contributed by atoms with Gasteiger partial charge in [0.05, 0.1) is 16.0 Å². The lowest BCUT2D eigenvalue weighted by Crippen LogP contribution is -2.19. The van der Waals surface area contributed by atoms with E-state index >= 15 is 0 Å². The molecule has 3 aromatic rings. The first-order chi connectivity index (χ1) is 11.6. The van der Waals surface area contributed by atoms with Crippen molar-refractivity contribution in [3.8, 4) is 0 Å². The van der Waals surface area contributed by atoms with Crippen LogP contribution in [-0.4, -0.2) is 26.6 Å². The molecule has 0 bridgehead atoms. The first-order valence-electron chi connectivity index (χ1n) is 7.12. The summed E-state index contributed by atoms with van der Waals surface area (Å²) in [5, 5.41) is 14.1. The predicted octanol–water partition coefficient (Wildman–Crippen LogP) is 3.31. The molecule has 1 aromatic heterocycles. The lowest BCUT2D eigenvalue weighted by Gasteiger charge is -2.09. The molecule has 0 aliphatic rings. The second kappa shape index (κ2) is 6.71. The van der Waals surface area contributed by atoms with Gasteiger partial charge in [-0.2, -0.15) is 0 Å². The van der Waals surface area contributed by atoms with Crippen LogP contribution in [0.5, 0.6) is 0 Å². The number of rotatable bonds is 5. The van der Waals surface area contributed by atoms with Gasteiger partial charge in [-0.05, 0) is 30.5 Å². The van der Waals surface area contributed by atoms with Gasteiger partial charge in [-0.3, -0.25) is 14.9 Å². The first kappa shape index (κ1) is 16.0. The van der Waals surface area contributed by atoms with Crippen LogP contribution in [-0.2, 0) is 11.3 Å². The molecule has 0 saturated carbocycles. The quantitative estimate of drug-likeness (QED) is 0.436. The van der Waals surface area contributed by atoms with Gasteiger partial charge in [-0.1, -0.05) is 23.9 Å². The average molecular weight is 342 g/mol. The van der Waals surface area contributed by atoms with Crippen molar-refractivity contribution in [2.75, 3.05) is 11.6 Å². The van der Waals surface area contributed by atoms with E-state index < -0.39 is 4.92 Å². The number of thioether (sulfide) groups is 1. The highest BCUT2D eigenvalue weighted by Crippen LogP contribution is 2.22. The number of anilines is 1. The first-order valence-corrected chi connectivity index (χ1v) is 8.34. The molecule has 122 valence electrons. The molecule has 0 fully saturated rings. The number of benzene rings is 2. The summed E-state index contributed by atoms with van der Waals surface area (Å²) in [6.45, 7) is 0.119. The Morgan fingerprint density at radius 2 is 1.96 bits per heavy atom. The highest BCUT2D eigenvalue weighted by Gasteiger charge is 2.13. The number of fused-ring (bicyclic) bond motifs is 1. The van der Waals surface area contributed by atoms with Crippen molar-refractivity contribution in [1.29, 1.82) is 0 Å². The number of hydrogen-bond acceptors (Lipinski definition) is 5. The van der Waals surface area contributed by atoms with E-state index in [0.29, 0.717) is 5.69 Å². The molecule has 0 aliphatic carbocycles. The van der Waals surface area contributed by atoms with Crippen molar-refractivity contribution < 1.29 is 9.72 Å². The van der Waals surface area contributed by atoms with Crippen molar-refractivity contribution in [1.82, 2.24) is 9.55 Å². The molecule has 0 radical (unpaired) electrons. The van der Waals surface area contributed by atoms with Gasteiger partial charge in [0.1, 0.15) is 6.54 Å². The molecule has 0 saturated heterocycles. The molecule has 1 N–H and O–H groups in total. The number of hydrogen-bond donors (Lipinski definition) is 1. The second-order valence-corrected chi connectivity index (χ2v) is 5.80. The molecule has 0 atom stereocenters. The SMILES string of the molecule is CSc1nc2ccccc2n1CC(=O)Nc1ccc([N+](=O)[O-])cc1. The van der Waals surface area contributed by atoms with E-state index in [1.54, 1.807) is 0 Å². The van der Waals surface area contributed by atoms with Gasteiger partial charge >= 0.3 is 0 Å². The van der Waals surface area contributed by atoms with Crippen molar-refractivity contribution >= 4 is 40.1 Å². The molecular weight excluding hydrogens is 328 g/mol. The van der Waals surface area contributed by atoms with Crippen LogP contribution in [0.2, 0.25) is 0 Å². The van der Waals surface area contributed by atoms with Gasteiger partial charge in [0.15, 0.2) is 5.16 Å². The minimum atomic E-state index is -0.478. The molecule has 3 rings (SSSR count). The molecule has 0 spiro atoms. The summed E-state index contributed by atoms with van der Waals surface area (Å²) in [6, 6.07) is 13.4. The maximum atomic E-state index is 12.3. The second-order valence-electron chi connectivity index (χ2n) is 5.03. The zero-order valence-electron chi connectivity index (χ0n) is 12.8. The lowest BCUT2D eigenvalue weighted by molar-refractivity contribution is -0.384. The number of carbonyl (C=O) groups is 1. The van der Waals surface area contributed by atoms with E-state index in [1.807, 2.05) is 35.1 Å². The molecule has 7 nitrogen and oxygen atoms in total. The van der Waals surface area contributed by atoms with Gasteiger partial charge in [-0.15, -0.1) is 0 Å². The van der Waals surface area contributed by atoms with Gasteiger partial charge in [0.25, 0.3) is 5.69 Å². The third-order valence-corrected chi connectivity index (χ3v) is 4.14. The van der Waals surface area contributed by atoms with E-state index in [2.05, 4.69) is 10.3 Å². The zero-order valence-corrected chi connectivity index (χ0v) is 13.6. The van der Waals surface area contributed by atoms with E-state index in [4.69, 9.17) is 0 Å². The van der Waals surface area contributed by atoms with E-state index in [-0.39, 0.29) is 18.1 Å². The number of amides is 1. The Labute approximate surface area is 141 Å². The normalized spacial score (nSPS) is 10.7. The minimum Gasteiger partial charge on any atom is -0.325 e. The number of aromatic nitrogens is 2. The van der Waals surface area contributed by atoms with E-state index in [1.165, 1.54) is 36.0 Å². The Bertz CT molecular complexity index is 905. The summed E-state index contributed by atoms with van der Waals surface area (Å²) in [4.78, 5) is 27.0. The molecule has 8 heteroatoms. The van der Waals surface area contributed by atoms with Crippen LogP contribution in [0.3, 0.4) is 0 Å². The van der Waals surface area contributed by atoms with Crippen molar-refractivity contribution in [3.63, 3.8) is 0 Å². The minimum absolute atomic E-state index is 0.0155. The summed E-state index contributed by atoms with van der Waals surface area (Å²) >= 11 is 1.47. The molecule has 2 aromatic carbocycles. The average Bonchev–Trinajstić information content (AvgIpc) is 2.93. The van der Waals surface area contributed by atoms with E-state index in [0.717, 1.165) is 16.2 Å². The Morgan fingerprint density at radius 1 is 1.25 bits per heavy atom. The van der Waals surface area contributed by atoms with Crippen molar-refractivity contribution in [2.45, 2.75) is 11.7 Å². The summed E-state index contributed by atoms with van der Waals surface area (Å²) in [7, 11) is 0. The number of imidazole rings is 1. The fourth-order valence-electron chi connectivity index (χ4n) is 2.37. The third-order valence-electron chi connectivity index (χ3n) is 3.47. The monoisotopic (exact) mass is 342 g/mol. The fourth-order valence-corrected chi connectivity index (χ4v) is 2.95. The summed E-state index contributed by atoms with van der Waals surface area (Å²) in [5.41, 5.74) is 2.23. The van der Waals surface area contributed by atoms with Gasteiger partial charge in [0.2, 0.25) is 5.91 Å². The van der Waals surface area contributed by atoms with Crippen LogP contribution >= 0.6 is 11.8 Å². The summed E-state index contributed by atoms with van der Waals surface area (Å²) in [6.07, 6.45) is 1.91. The smallest absolute Gasteiger partial charge is 0.269 e. The highest BCUT2D eigenvalue weighted by molar-refractivity contribution is 7.98. The van der Waals surface area contributed by atoms with Gasteiger partial charge < -0.3 is 9.88 Å². The topological polar surface area (TPSA) is 90.1 Å². The molecule has 1 amide bonds.